The monoisotopic (exact) mass is 357 g/mol. The van der Waals surface area contributed by atoms with Gasteiger partial charge in [-0.25, -0.2) is 9.69 Å². The third-order valence-corrected chi connectivity index (χ3v) is 5.19. The standard InChI is InChI=1S/C18H15NO5S/c1-2-25(23)15-10-6-5-9-14(15)18(22)24-11-19-16(20)12-7-3-4-8-13(12)17(19)21/h3-10H,2,11H2,1H3/t25-/m0/s1. The van der Waals surface area contributed by atoms with Crippen molar-refractivity contribution < 1.29 is 23.3 Å². The molecule has 0 spiro atoms. The lowest BCUT2D eigenvalue weighted by atomic mass is 10.1. The molecule has 128 valence electrons. The molecule has 0 saturated heterocycles. The Bertz CT molecular complexity index is 858. The zero-order valence-electron chi connectivity index (χ0n) is 13.4. The Hall–Kier alpha value is -2.80. The maximum Gasteiger partial charge on any atom is 0.341 e. The zero-order chi connectivity index (χ0) is 18.0. The summed E-state index contributed by atoms with van der Waals surface area (Å²) < 4.78 is 17.2. The van der Waals surface area contributed by atoms with Crippen LogP contribution >= 0.6 is 0 Å². The molecule has 0 fully saturated rings. The summed E-state index contributed by atoms with van der Waals surface area (Å²) in [7, 11) is -1.32. The highest BCUT2D eigenvalue weighted by atomic mass is 32.2. The van der Waals surface area contributed by atoms with Crippen molar-refractivity contribution >= 4 is 28.6 Å². The molecule has 1 aliphatic rings. The van der Waals surface area contributed by atoms with Crippen molar-refractivity contribution in [3.8, 4) is 0 Å². The lowest BCUT2D eigenvalue weighted by Crippen LogP contribution is -2.33. The van der Waals surface area contributed by atoms with E-state index in [4.69, 9.17) is 4.74 Å². The van der Waals surface area contributed by atoms with E-state index in [9.17, 15) is 18.6 Å². The summed E-state index contributed by atoms with van der Waals surface area (Å²) in [6.45, 7) is 1.26. The van der Waals surface area contributed by atoms with Gasteiger partial charge in [-0.3, -0.25) is 13.8 Å². The Kier molecular flexibility index (Phi) is 4.76. The average Bonchev–Trinajstić information content (AvgIpc) is 2.90. The first-order valence-electron chi connectivity index (χ1n) is 7.64. The van der Waals surface area contributed by atoms with Crippen molar-refractivity contribution in [1.29, 1.82) is 0 Å². The number of fused-ring (bicyclic) bond motifs is 1. The molecule has 6 nitrogen and oxygen atoms in total. The summed E-state index contributed by atoms with van der Waals surface area (Å²) in [6, 6.07) is 12.9. The van der Waals surface area contributed by atoms with Crippen LogP contribution in [0.3, 0.4) is 0 Å². The first kappa shape index (κ1) is 17.0. The normalized spacial score (nSPS) is 14.4. The smallest absolute Gasteiger partial charge is 0.341 e. The van der Waals surface area contributed by atoms with Crippen LogP contribution in [0.1, 0.15) is 38.0 Å². The molecule has 0 bridgehead atoms. The van der Waals surface area contributed by atoms with Crippen molar-refractivity contribution in [2.45, 2.75) is 11.8 Å². The number of benzene rings is 2. The number of esters is 1. The van der Waals surface area contributed by atoms with Gasteiger partial charge in [0.1, 0.15) is 0 Å². The molecule has 2 aromatic rings. The van der Waals surface area contributed by atoms with Gasteiger partial charge in [-0.2, -0.15) is 0 Å². The van der Waals surface area contributed by atoms with E-state index in [0.717, 1.165) is 4.90 Å². The Balaban J connectivity index is 1.75. The van der Waals surface area contributed by atoms with Crippen molar-refractivity contribution in [2.75, 3.05) is 12.5 Å². The number of ether oxygens (including phenoxy) is 1. The number of rotatable bonds is 5. The molecule has 25 heavy (non-hydrogen) atoms. The second-order valence-corrected chi connectivity index (χ2v) is 6.98. The van der Waals surface area contributed by atoms with Crippen LogP contribution in [-0.2, 0) is 15.5 Å². The molecular formula is C18H15NO5S. The Morgan fingerprint density at radius 1 is 1.00 bits per heavy atom. The van der Waals surface area contributed by atoms with Crippen LogP contribution in [0.2, 0.25) is 0 Å². The van der Waals surface area contributed by atoms with E-state index in [1.165, 1.54) is 6.07 Å². The molecule has 2 aromatic carbocycles. The minimum absolute atomic E-state index is 0.166. The van der Waals surface area contributed by atoms with E-state index in [1.54, 1.807) is 49.4 Å². The highest BCUT2D eigenvalue weighted by Gasteiger charge is 2.36. The summed E-state index contributed by atoms with van der Waals surface area (Å²) >= 11 is 0. The van der Waals surface area contributed by atoms with E-state index in [-0.39, 0.29) is 16.7 Å². The van der Waals surface area contributed by atoms with E-state index >= 15 is 0 Å². The van der Waals surface area contributed by atoms with Crippen LogP contribution in [0.25, 0.3) is 0 Å². The number of hydrogen-bond acceptors (Lipinski definition) is 5. The number of carbonyl (C=O) groups is 3. The zero-order valence-corrected chi connectivity index (χ0v) is 14.2. The highest BCUT2D eigenvalue weighted by molar-refractivity contribution is 7.85. The lowest BCUT2D eigenvalue weighted by molar-refractivity contribution is 0.0225. The number of imide groups is 1. The molecule has 1 heterocycles. The van der Waals surface area contributed by atoms with E-state index in [0.29, 0.717) is 10.6 Å². The molecule has 2 amide bonds. The van der Waals surface area contributed by atoms with Gasteiger partial charge in [0.05, 0.1) is 32.4 Å². The minimum atomic E-state index is -1.32. The second kappa shape index (κ2) is 6.98. The van der Waals surface area contributed by atoms with Crippen LogP contribution in [-0.4, -0.2) is 39.4 Å². The summed E-state index contributed by atoms with van der Waals surface area (Å²) in [5.41, 5.74) is 0.742. The van der Waals surface area contributed by atoms with Gasteiger partial charge in [-0.15, -0.1) is 0 Å². The molecule has 3 rings (SSSR count). The number of nitrogens with zero attached hydrogens (tertiary/aromatic N) is 1. The predicted octanol–water partition coefficient (Wildman–Crippen LogP) is 2.22. The number of hydrogen-bond donors (Lipinski definition) is 0. The SMILES string of the molecule is CC[S@](=O)c1ccccc1C(=O)OCN1C(=O)c2ccccc2C1=O. The molecule has 1 atom stereocenters. The van der Waals surface area contributed by atoms with Gasteiger partial charge >= 0.3 is 5.97 Å². The molecule has 0 radical (unpaired) electrons. The molecule has 0 saturated carbocycles. The largest absolute Gasteiger partial charge is 0.440 e. The van der Waals surface area contributed by atoms with Gasteiger partial charge in [-0.05, 0) is 24.3 Å². The van der Waals surface area contributed by atoms with Gasteiger partial charge in [0.2, 0.25) is 0 Å². The molecule has 1 aliphatic heterocycles. The fourth-order valence-electron chi connectivity index (χ4n) is 2.55. The van der Waals surface area contributed by atoms with Crippen LogP contribution < -0.4 is 0 Å². The summed E-state index contributed by atoms with van der Waals surface area (Å²) in [6.07, 6.45) is 0. The average molecular weight is 357 g/mol. The fraction of sp³-hybridized carbons (Fsp3) is 0.167. The highest BCUT2D eigenvalue weighted by Crippen LogP contribution is 2.22. The van der Waals surface area contributed by atoms with Crippen LogP contribution in [0.15, 0.2) is 53.4 Å². The second-order valence-electron chi connectivity index (χ2n) is 5.28. The van der Waals surface area contributed by atoms with Gasteiger partial charge in [0.25, 0.3) is 11.8 Å². The third-order valence-electron chi connectivity index (χ3n) is 3.82. The molecule has 7 heteroatoms. The van der Waals surface area contributed by atoms with E-state index < -0.39 is 35.3 Å². The molecule has 0 N–H and O–H groups in total. The predicted molar refractivity (Wildman–Crippen MR) is 90.6 cm³/mol. The first-order valence-corrected chi connectivity index (χ1v) is 8.96. The quantitative estimate of drug-likeness (QED) is 0.605. The number of carbonyl (C=O) groups excluding carboxylic acids is 3. The van der Waals surface area contributed by atoms with E-state index in [2.05, 4.69) is 0 Å². The maximum atomic E-state index is 12.3. The lowest BCUT2D eigenvalue weighted by Gasteiger charge is -2.15. The van der Waals surface area contributed by atoms with Gasteiger partial charge < -0.3 is 4.74 Å². The van der Waals surface area contributed by atoms with Crippen LogP contribution in [0.4, 0.5) is 0 Å². The van der Waals surface area contributed by atoms with Gasteiger partial charge in [0, 0.05) is 5.75 Å². The topological polar surface area (TPSA) is 80.8 Å². The van der Waals surface area contributed by atoms with Gasteiger partial charge in [-0.1, -0.05) is 31.2 Å². The third kappa shape index (κ3) is 3.10. The van der Waals surface area contributed by atoms with Crippen molar-refractivity contribution in [1.82, 2.24) is 4.90 Å². The van der Waals surface area contributed by atoms with Crippen molar-refractivity contribution in [2.24, 2.45) is 0 Å². The van der Waals surface area contributed by atoms with Crippen LogP contribution in [0.5, 0.6) is 0 Å². The van der Waals surface area contributed by atoms with Gasteiger partial charge in [0.15, 0.2) is 6.73 Å². The Morgan fingerprint density at radius 3 is 2.16 bits per heavy atom. The number of amides is 2. The Labute approximate surface area is 146 Å². The van der Waals surface area contributed by atoms with Crippen molar-refractivity contribution in [3.63, 3.8) is 0 Å². The molecular weight excluding hydrogens is 342 g/mol. The van der Waals surface area contributed by atoms with Crippen molar-refractivity contribution in [3.05, 3.63) is 65.2 Å². The summed E-state index contributed by atoms with van der Waals surface area (Å²) in [5, 5.41) is 0. The molecule has 0 unspecified atom stereocenters. The fourth-order valence-corrected chi connectivity index (χ4v) is 3.48. The summed E-state index contributed by atoms with van der Waals surface area (Å²) in [5.74, 6) is -1.37. The summed E-state index contributed by atoms with van der Waals surface area (Å²) in [4.78, 5) is 38.1. The van der Waals surface area contributed by atoms with E-state index in [1.807, 2.05) is 0 Å². The maximum absolute atomic E-state index is 12.3. The molecule has 0 aromatic heterocycles. The minimum Gasteiger partial charge on any atom is -0.440 e. The first-order chi connectivity index (χ1) is 12.0. The van der Waals surface area contributed by atoms with Crippen LogP contribution in [0, 0.1) is 0 Å². The molecule has 0 aliphatic carbocycles. The Morgan fingerprint density at radius 2 is 1.56 bits per heavy atom.